The molecule has 1 amide bonds. The predicted molar refractivity (Wildman–Crippen MR) is 41.6 cm³/mol. The van der Waals surface area contributed by atoms with E-state index in [0.29, 0.717) is 6.05 Å². The molecule has 2 N–H and O–H groups in total. The summed E-state index contributed by atoms with van der Waals surface area (Å²) in [5, 5.41) is 0. The highest BCUT2D eigenvalue weighted by Crippen LogP contribution is 2.31. The van der Waals surface area contributed by atoms with Crippen molar-refractivity contribution in [3.63, 3.8) is 0 Å². The lowest BCUT2D eigenvalue weighted by Gasteiger charge is -2.48. The van der Waals surface area contributed by atoms with Crippen molar-refractivity contribution in [1.29, 1.82) is 0 Å². The molecule has 0 spiro atoms. The van der Waals surface area contributed by atoms with Gasteiger partial charge in [0.1, 0.15) is 6.04 Å². The molecule has 11 heavy (non-hydrogen) atoms. The Bertz CT molecular complexity index is 274. The van der Waals surface area contributed by atoms with Crippen molar-refractivity contribution in [3.8, 4) is 0 Å². The molecule has 2 heterocycles. The van der Waals surface area contributed by atoms with Crippen molar-refractivity contribution < 1.29 is 6.17 Å². The summed E-state index contributed by atoms with van der Waals surface area (Å²) in [7, 11) is 0. The van der Waals surface area contributed by atoms with Crippen LogP contribution >= 0.6 is 0 Å². The first-order chi connectivity index (χ1) is 5.63. The average molecular weight is 154 g/mol. The van der Waals surface area contributed by atoms with Crippen molar-refractivity contribution in [3.05, 3.63) is 11.7 Å². The van der Waals surface area contributed by atoms with Crippen LogP contribution in [-0.2, 0) is 4.79 Å². The van der Waals surface area contributed by atoms with Crippen LogP contribution in [0, 0.1) is 0 Å². The highest BCUT2D eigenvalue weighted by atomic mass is 16.2. The summed E-state index contributed by atoms with van der Waals surface area (Å²) >= 11 is 0. The normalized spacial score (nSPS) is 38.2. The van der Waals surface area contributed by atoms with Gasteiger partial charge < -0.3 is 10.6 Å². The molecule has 2 aliphatic rings. The van der Waals surface area contributed by atoms with Gasteiger partial charge >= 0.3 is 0 Å². The van der Waals surface area contributed by atoms with Crippen LogP contribution in [0.4, 0.5) is 0 Å². The van der Waals surface area contributed by atoms with Crippen LogP contribution in [0.3, 0.4) is 0 Å². The van der Waals surface area contributed by atoms with E-state index in [1.807, 2.05) is 6.92 Å². The number of amides is 1. The van der Waals surface area contributed by atoms with Crippen molar-refractivity contribution in [1.82, 2.24) is 4.90 Å². The Hall–Kier alpha value is -0.830. The number of nitrogens with two attached hydrogens (primary N) is 1. The van der Waals surface area contributed by atoms with Gasteiger partial charge in [-0.2, -0.15) is 0 Å². The third kappa shape index (κ3) is 0.744. The highest BCUT2D eigenvalue weighted by Gasteiger charge is 2.46. The maximum absolute atomic E-state index is 11.2. The van der Waals surface area contributed by atoms with E-state index in [-0.39, 0.29) is 18.0 Å². The number of fused-ring (bicyclic) bond motifs is 1. The van der Waals surface area contributed by atoms with Gasteiger partial charge in [0, 0.05) is 5.70 Å². The van der Waals surface area contributed by atoms with Gasteiger partial charge in [0.15, 0.2) is 0 Å². The first-order valence-corrected chi connectivity index (χ1v) is 3.88. The zero-order valence-electron chi connectivity index (χ0n) is 7.50. The van der Waals surface area contributed by atoms with E-state index >= 15 is 0 Å². The van der Waals surface area contributed by atoms with Gasteiger partial charge in [-0.15, -0.1) is 0 Å². The van der Waals surface area contributed by atoms with Gasteiger partial charge in [0.05, 0.1) is 7.41 Å². The number of rotatable bonds is 0. The van der Waals surface area contributed by atoms with E-state index in [4.69, 9.17) is 7.10 Å². The second kappa shape index (κ2) is 2.08. The smallest absolute Gasteiger partial charge is 0.246 e. The lowest BCUT2D eigenvalue weighted by Crippen LogP contribution is -2.68. The van der Waals surface area contributed by atoms with Crippen molar-refractivity contribution in [2.24, 2.45) is 5.73 Å². The summed E-state index contributed by atoms with van der Waals surface area (Å²) in [4.78, 5) is 12.9. The molecule has 0 aromatic carbocycles. The number of hydrogen-bond donors (Lipinski definition) is 1. The zero-order valence-corrected chi connectivity index (χ0v) is 6.50. The Morgan fingerprint density at radius 2 is 2.64 bits per heavy atom. The number of β-lactam (4-membered cyclic amide) rings is 1. The van der Waals surface area contributed by atoms with Crippen LogP contribution in [0.1, 0.15) is 21.1 Å². The van der Waals surface area contributed by atoms with Crippen LogP contribution in [0.25, 0.3) is 0 Å². The Kier molecular flexibility index (Phi) is 1.09. The summed E-state index contributed by atoms with van der Waals surface area (Å²) in [6.07, 6.45) is 1.61. The largest absolute Gasteiger partial charge is 0.318 e. The third-order valence-electron chi connectivity index (χ3n) is 2.45. The number of carbonyl (C=O) groups is 1. The number of allylic oxidation sites excluding steroid dienone is 2. The van der Waals surface area contributed by atoms with Crippen LogP contribution in [0.5, 0.6) is 0 Å². The maximum Gasteiger partial charge on any atom is 0.246 e. The zero-order chi connectivity index (χ0) is 8.88. The molecule has 2 aliphatic heterocycles. The maximum atomic E-state index is 11.2. The summed E-state index contributed by atoms with van der Waals surface area (Å²) < 4.78 is 7.53. The van der Waals surface area contributed by atoms with E-state index in [9.17, 15) is 4.79 Å². The molecular weight excluding hydrogens is 140 g/mol. The van der Waals surface area contributed by atoms with E-state index in [0.717, 1.165) is 18.5 Å². The van der Waals surface area contributed by atoms with Gasteiger partial charge in [-0.1, -0.05) is 6.05 Å². The summed E-state index contributed by atoms with van der Waals surface area (Å²) in [6.45, 7) is 1.82. The SMILES string of the molecule is [3H]C1=C(C)N2C(=O)C(N)C2CC1. The Labute approximate surface area is 67.3 Å². The Balaban J connectivity index is 2.29. The monoisotopic (exact) mass is 154 g/mol. The molecule has 60 valence electrons. The molecule has 2 atom stereocenters. The molecule has 3 heteroatoms. The van der Waals surface area contributed by atoms with Gasteiger partial charge in [0.2, 0.25) is 5.91 Å². The lowest BCUT2D eigenvalue weighted by molar-refractivity contribution is -0.146. The molecule has 2 unspecified atom stereocenters. The van der Waals surface area contributed by atoms with Crippen LogP contribution in [0.2, 0.25) is 0 Å². The second-order valence-electron chi connectivity index (χ2n) is 3.10. The van der Waals surface area contributed by atoms with Gasteiger partial charge in [0.25, 0.3) is 0 Å². The van der Waals surface area contributed by atoms with Gasteiger partial charge in [-0.05, 0) is 19.8 Å². The summed E-state index contributed by atoms with van der Waals surface area (Å²) in [5.41, 5.74) is 6.40. The molecule has 0 aliphatic carbocycles. The highest BCUT2D eigenvalue weighted by molar-refractivity contribution is 5.91. The molecule has 0 radical (unpaired) electrons. The molecule has 2 rings (SSSR count). The fraction of sp³-hybridized carbons (Fsp3) is 0.625. The van der Waals surface area contributed by atoms with E-state index < -0.39 is 0 Å². The molecule has 0 aromatic rings. The Morgan fingerprint density at radius 1 is 1.91 bits per heavy atom. The molecular formula is C8H12N2O. The van der Waals surface area contributed by atoms with Crippen molar-refractivity contribution in [2.75, 3.05) is 0 Å². The number of hydrogen-bond acceptors (Lipinski definition) is 2. The minimum atomic E-state index is -0.312. The summed E-state index contributed by atoms with van der Waals surface area (Å²) in [6, 6.07) is 0.436. The minimum Gasteiger partial charge on any atom is -0.318 e. The molecule has 0 aromatic heterocycles. The number of carbonyl (C=O) groups excluding carboxylic acids is 1. The molecule has 0 saturated carbocycles. The Morgan fingerprint density at radius 3 is 3.36 bits per heavy atom. The van der Waals surface area contributed by atoms with Crippen LogP contribution in [-0.4, -0.2) is 22.9 Å². The molecule has 1 saturated heterocycles. The van der Waals surface area contributed by atoms with Crippen LogP contribution < -0.4 is 5.73 Å². The van der Waals surface area contributed by atoms with E-state index in [2.05, 4.69) is 0 Å². The lowest BCUT2D eigenvalue weighted by atomic mass is 9.88. The van der Waals surface area contributed by atoms with Gasteiger partial charge in [-0.25, -0.2) is 0 Å². The third-order valence-corrected chi connectivity index (χ3v) is 2.45. The summed E-state index contributed by atoms with van der Waals surface area (Å²) in [5.74, 6) is -0.0260. The fourth-order valence-corrected chi connectivity index (χ4v) is 1.78. The minimum absolute atomic E-state index is 0.0260. The second-order valence-corrected chi connectivity index (χ2v) is 3.10. The van der Waals surface area contributed by atoms with Crippen molar-refractivity contribution >= 4 is 5.91 Å². The number of nitrogens with zero attached hydrogens (tertiary/aromatic N) is 1. The molecule has 1 fully saturated rings. The van der Waals surface area contributed by atoms with E-state index in [1.54, 1.807) is 4.90 Å². The van der Waals surface area contributed by atoms with E-state index in [1.165, 1.54) is 0 Å². The van der Waals surface area contributed by atoms with Crippen LogP contribution in [0.15, 0.2) is 11.7 Å². The van der Waals surface area contributed by atoms with Gasteiger partial charge in [-0.3, -0.25) is 4.79 Å². The standard InChI is InChI=1S/C8H12N2O/c1-5-3-2-4-6-7(9)8(11)10(5)6/h3,6-7H,2,4,9H2,1H3/i3T. The first kappa shape index (κ1) is 5.77. The average Bonchev–Trinajstić information content (AvgIpc) is 2.08. The quantitative estimate of drug-likeness (QED) is 0.507. The predicted octanol–water partition coefficient (Wildman–Crippen LogP) is 0.222. The first-order valence-electron chi connectivity index (χ1n) is 4.38. The topological polar surface area (TPSA) is 46.3 Å². The molecule has 0 bridgehead atoms. The molecule has 3 nitrogen and oxygen atoms in total. The van der Waals surface area contributed by atoms with Crippen molar-refractivity contribution in [2.45, 2.75) is 31.8 Å². The fourth-order valence-electron chi connectivity index (χ4n) is 1.78.